The van der Waals surface area contributed by atoms with Crippen LogP contribution < -0.4 is 14.8 Å². The molecule has 1 heterocycles. The van der Waals surface area contributed by atoms with Gasteiger partial charge in [-0.25, -0.2) is 4.79 Å². The average molecular weight is 384 g/mol. The lowest BCUT2D eigenvalue weighted by atomic mass is 10.1. The van der Waals surface area contributed by atoms with E-state index in [1.54, 1.807) is 17.0 Å². The summed E-state index contributed by atoms with van der Waals surface area (Å²) in [6.07, 6.45) is 1.47. The Morgan fingerprint density at radius 1 is 1.21 bits per heavy atom. The van der Waals surface area contributed by atoms with Crippen LogP contribution in [-0.4, -0.2) is 47.9 Å². The third kappa shape index (κ3) is 5.31. The number of carbonyl (C=O) groups is 1. The number of ether oxygens (including phenoxy) is 2. The Bertz CT molecular complexity index is 778. The van der Waals surface area contributed by atoms with Crippen LogP contribution in [0.4, 0.5) is 4.79 Å². The Kier molecular flexibility index (Phi) is 6.63. The number of nitrogens with one attached hydrogen (secondary N) is 1. The number of fused-ring (bicyclic) bond motifs is 1. The minimum absolute atomic E-state index is 0.0413. The summed E-state index contributed by atoms with van der Waals surface area (Å²) in [5.74, 6) is 1.73. The number of phenols is 1. The lowest BCUT2D eigenvalue weighted by Gasteiger charge is -2.31. The molecule has 2 aromatic carbocycles. The van der Waals surface area contributed by atoms with E-state index >= 15 is 0 Å². The summed E-state index contributed by atoms with van der Waals surface area (Å²) in [7, 11) is 0. The van der Waals surface area contributed by atoms with Gasteiger partial charge < -0.3 is 24.8 Å². The molecule has 2 unspecified atom stereocenters. The van der Waals surface area contributed by atoms with Crippen molar-refractivity contribution in [2.75, 3.05) is 19.7 Å². The summed E-state index contributed by atoms with van der Waals surface area (Å²) in [6, 6.07) is 14.7. The molecule has 1 aliphatic rings. The lowest BCUT2D eigenvalue weighted by Crippen LogP contribution is -2.49. The summed E-state index contributed by atoms with van der Waals surface area (Å²) in [5.41, 5.74) is 1.14. The SMILES string of the molecule is CCN(CC1COc2ccccc2O1)C(=O)NC(C)CCc1ccc(O)cc1. The largest absolute Gasteiger partial charge is 0.508 e. The maximum Gasteiger partial charge on any atom is 0.317 e. The molecule has 2 amide bonds. The molecule has 0 spiro atoms. The molecule has 0 aromatic heterocycles. The van der Waals surface area contributed by atoms with Crippen molar-refractivity contribution in [3.63, 3.8) is 0 Å². The first-order valence-corrected chi connectivity index (χ1v) is 9.77. The van der Waals surface area contributed by atoms with E-state index in [-0.39, 0.29) is 23.9 Å². The molecule has 28 heavy (non-hydrogen) atoms. The fourth-order valence-corrected chi connectivity index (χ4v) is 3.17. The molecular weight excluding hydrogens is 356 g/mol. The number of phenolic OH excluding ortho intramolecular Hbond substituents is 1. The molecule has 0 saturated heterocycles. The van der Waals surface area contributed by atoms with Crippen LogP contribution >= 0.6 is 0 Å². The quantitative estimate of drug-likeness (QED) is 0.765. The molecule has 2 aromatic rings. The Morgan fingerprint density at radius 2 is 1.93 bits per heavy atom. The number of urea groups is 1. The first kappa shape index (κ1) is 19.9. The number of carbonyl (C=O) groups excluding carboxylic acids is 1. The number of hydrogen-bond donors (Lipinski definition) is 2. The molecule has 0 bridgehead atoms. The van der Waals surface area contributed by atoms with E-state index in [1.807, 2.05) is 50.2 Å². The molecule has 6 heteroatoms. The predicted molar refractivity (Wildman–Crippen MR) is 108 cm³/mol. The summed E-state index contributed by atoms with van der Waals surface area (Å²) >= 11 is 0. The maximum atomic E-state index is 12.6. The Hall–Kier alpha value is -2.89. The third-order valence-corrected chi connectivity index (χ3v) is 4.83. The second-order valence-corrected chi connectivity index (χ2v) is 7.09. The molecule has 3 rings (SSSR count). The van der Waals surface area contributed by atoms with Gasteiger partial charge in [-0.3, -0.25) is 0 Å². The highest BCUT2D eigenvalue weighted by molar-refractivity contribution is 5.74. The van der Waals surface area contributed by atoms with E-state index in [4.69, 9.17) is 9.47 Å². The van der Waals surface area contributed by atoms with Crippen LogP contribution in [0.1, 0.15) is 25.8 Å². The fraction of sp³-hybridized carbons (Fsp3) is 0.409. The molecule has 2 N–H and O–H groups in total. The average Bonchev–Trinajstić information content (AvgIpc) is 2.71. The van der Waals surface area contributed by atoms with Gasteiger partial charge in [-0.2, -0.15) is 0 Å². The van der Waals surface area contributed by atoms with E-state index in [0.29, 0.717) is 19.7 Å². The number of nitrogens with zero attached hydrogens (tertiary/aromatic N) is 1. The van der Waals surface area contributed by atoms with Gasteiger partial charge in [0.25, 0.3) is 0 Å². The number of likely N-dealkylation sites (N-methyl/N-ethyl adjacent to an activating group) is 1. The topological polar surface area (TPSA) is 71.0 Å². The van der Waals surface area contributed by atoms with Crippen LogP contribution in [0, 0.1) is 0 Å². The van der Waals surface area contributed by atoms with Gasteiger partial charge in [-0.15, -0.1) is 0 Å². The zero-order chi connectivity index (χ0) is 19.9. The van der Waals surface area contributed by atoms with Gasteiger partial charge in [0.2, 0.25) is 0 Å². The van der Waals surface area contributed by atoms with Crippen molar-refractivity contribution < 1.29 is 19.4 Å². The van der Waals surface area contributed by atoms with E-state index in [0.717, 1.165) is 29.9 Å². The van der Waals surface area contributed by atoms with Crippen molar-refractivity contribution in [2.45, 2.75) is 38.8 Å². The minimum Gasteiger partial charge on any atom is -0.508 e. The molecule has 150 valence electrons. The first-order valence-electron chi connectivity index (χ1n) is 9.77. The van der Waals surface area contributed by atoms with Crippen molar-refractivity contribution in [1.82, 2.24) is 10.2 Å². The number of aryl methyl sites for hydroxylation is 1. The van der Waals surface area contributed by atoms with Crippen LogP contribution in [0.25, 0.3) is 0 Å². The van der Waals surface area contributed by atoms with Gasteiger partial charge >= 0.3 is 6.03 Å². The molecule has 6 nitrogen and oxygen atoms in total. The molecular formula is C22H28N2O4. The number of benzene rings is 2. The van der Waals surface area contributed by atoms with E-state index in [2.05, 4.69) is 5.32 Å². The number of para-hydroxylation sites is 2. The van der Waals surface area contributed by atoms with E-state index in [1.165, 1.54) is 0 Å². The van der Waals surface area contributed by atoms with Gasteiger partial charge in [0, 0.05) is 12.6 Å². The minimum atomic E-state index is -0.187. The molecule has 0 aliphatic carbocycles. The number of aromatic hydroxyl groups is 1. The van der Waals surface area contributed by atoms with Gasteiger partial charge in [-0.05, 0) is 56.5 Å². The van der Waals surface area contributed by atoms with Crippen molar-refractivity contribution in [2.24, 2.45) is 0 Å². The summed E-state index contributed by atoms with van der Waals surface area (Å²) in [5, 5.41) is 12.4. The Morgan fingerprint density at radius 3 is 2.64 bits per heavy atom. The van der Waals surface area contributed by atoms with Gasteiger partial charge in [0.15, 0.2) is 17.6 Å². The maximum absolute atomic E-state index is 12.6. The smallest absolute Gasteiger partial charge is 0.317 e. The summed E-state index contributed by atoms with van der Waals surface area (Å²) in [6.45, 7) is 5.46. The van der Waals surface area contributed by atoms with Gasteiger partial charge in [-0.1, -0.05) is 24.3 Å². The monoisotopic (exact) mass is 384 g/mol. The van der Waals surface area contributed by atoms with Gasteiger partial charge in [0.05, 0.1) is 6.54 Å². The lowest BCUT2D eigenvalue weighted by molar-refractivity contribution is 0.0672. The van der Waals surface area contributed by atoms with E-state index in [9.17, 15) is 9.90 Å². The molecule has 2 atom stereocenters. The van der Waals surface area contributed by atoms with Gasteiger partial charge in [0.1, 0.15) is 12.4 Å². The van der Waals surface area contributed by atoms with Crippen LogP contribution in [0.15, 0.2) is 48.5 Å². The fourth-order valence-electron chi connectivity index (χ4n) is 3.17. The molecule has 0 saturated carbocycles. The summed E-state index contributed by atoms with van der Waals surface area (Å²) < 4.78 is 11.7. The zero-order valence-corrected chi connectivity index (χ0v) is 16.4. The van der Waals surface area contributed by atoms with Crippen LogP contribution in [0.5, 0.6) is 17.2 Å². The van der Waals surface area contributed by atoms with Crippen LogP contribution in [0.3, 0.4) is 0 Å². The molecule has 0 radical (unpaired) electrons. The van der Waals surface area contributed by atoms with E-state index < -0.39 is 0 Å². The molecule has 1 aliphatic heterocycles. The molecule has 0 fully saturated rings. The van der Waals surface area contributed by atoms with Crippen molar-refractivity contribution in [3.8, 4) is 17.2 Å². The Balaban J connectivity index is 1.47. The number of hydrogen-bond acceptors (Lipinski definition) is 4. The van der Waals surface area contributed by atoms with Crippen molar-refractivity contribution in [1.29, 1.82) is 0 Å². The van der Waals surface area contributed by atoms with Crippen LogP contribution in [-0.2, 0) is 6.42 Å². The van der Waals surface area contributed by atoms with Crippen molar-refractivity contribution >= 4 is 6.03 Å². The van der Waals surface area contributed by atoms with Crippen LogP contribution in [0.2, 0.25) is 0 Å². The number of rotatable bonds is 7. The second-order valence-electron chi connectivity index (χ2n) is 7.09. The highest BCUT2D eigenvalue weighted by Crippen LogP contribution is 2.31. The highest BCUT2D eigenvalue weighted by atomic mass is 16.6. The predicted octanol–water partition coefficient (Wildman–Crippen LogP) is 3.58. The standard InChI is InChI=1S/C22H28N2O4/c1-3-24(14-19-15-27-20-6-4-5-7-21(20)28-19)22(26)23-16(2)8-9-17-10-12-18(25)13-11-17/h4-7,10-13,16,19,25H,3,8-9,14-15H2,1-2H3,(H,23,26). The first-order chi connectivity index (χ1) is 13.5. The zero-order valence-electron chi connectivity index (χ0n) is 16.4. The van der Waals surface area contributed by atoms with Crippen molar-refractivity contribution in [3.05, 3.63) is 54.1 Å². The highest BCUT2D eigenvalue weighted by Gasteiger charge is 2.25. The third-order valence-electron chi connectivity index (χ3n) is 4.83. The summed E-state index contributed by atoms with van der Waals surface area (Å²) in [4.78, 5) is 14.4. The normalized spacial score (nSPS) is 16.3. The Labute approximate surface area is 166 Å². The number of amides is 2. The second kappa shape index (κ2) is 9.35.